The molecule has 2 heterocycles. The number of hydrogen-bond donors (Lipinski definition) is 1. The van der Waals surface area contributed by atoms with Crippen LogP contribution in [-0.2, 0) is 13.1 Å². The number of rotatable bonds is 4. The largest absolute Gasteiger partial charge is 0.337 e. The Labute approximate surface area is 142 Å². The highest BCUT2D eigenvalue weighted by molar-refractivity contribution is 6.30. The van der Waals surface area contributed by atoms with E-state index in [1.807, 2.05) is 34.9 Å². The Kier molecular flexibility index (Phi) is 3.30. The molecule has 1 N–H and O–H groups in total. The number of amides is 2. The summed E-state index contributed by atoms with van der Waals surface area (Å²) in [5, 5.41) is 7.57. The van der Waals surface area contributed by atoms with Crippen LogP contribution in [0, 0.1) is 0 Å². The number of allylic oxidation sites excluding steroid dienone is 1. The highest BCUT2D eigenvalue weighted by Gasteiger charge is 2.33. The van der Waals surface area contributed by atoms with Crippen LogP contribution in [0.25, 0.3) is 32.2 Å². The van der Waals surface area contributed by atoms with Crippen molar-refractivity contribution in [2.45, 2.75) is 13.1 Å². The molecule has 122 valence electrons. The van der Waals surface area contributed by atoms with Crippen LogP contribution >= 0.6 is 0 Å². The predicted octanol–water partition coefficient (Wildman–Crippen LogP) is 3.67. The van der Waals surface area contributed by atoms with E-state index in [4.69, 9.17) is 5.53 Å². The first-order valence-corrected chi connectivity index (χ1v) is 7.71. The molecule has 7 nitrogen and oxygen atoms in total. The van der Waals surface area contributed by atoms with Crippen molar-refractivity contribution < 1.29 is 9.59 Å². The highest BCUT2D eigenvalue weighted by Crippen LogP contribution is 2.37. The predicted molar refractivity (Wildman–Crippen MR) is 94.3 cm³/mol. The van der Waals surface area contributed by atoms with E-state index in [2.05, 4.69) is 21.9 Å². The molecule has 0 bridgehead atoms. The summed E-state index contributed by atoms with van der Waals surface area (Å²) in [6.45, 7) is 4.36. The maximum Gasteiger partial charge on any atom is 0.259 e. The fraction of sp³-hybridized carbons (Fsp3) is 0.111. The number of imide groups is 1. The second-order valence-electron chi connectivity index (χ2n) is 5.77. The van der Waals surface area contributed by atoms with E-state index in [1.165, 1.54) is 0 Å². The van der Waals surface area contributed by atoms with Gasteiger partial charge in [-0.3, -0.25) is 14.9 Å². The van der Waals surface area contributed by atoms with Gasteiger partial charge in [0, 0.05) is 27.7 Å². The summed E-state index contributed by atoms with van der Waals surface area (Å²) in [6.07, 6.45) is 1.78. The minimum absolute atomic E-state index is 0.00505. The highest BCUT2D eigenvalue weighted by atomic mass is 16.2. The van der Waals surface area contributed by atoms with Gasteiger partial charge in [0.25, 0.3) is 11.8 Å². The van der Waals surface area contributed by atoms with Gasteiger partial charge in [0.2, 0.25) is 0 Å². The fourth-order valence-electron chi connectivity index (χ4n) is 3.53. The standard InChI is InChI=1S/C18H13N5O2/c1-2-7-23-12-6-4-3-5-11(12)15-13(23)8-10(9-20-22-19)14-16(15)18(25)21-17(14)24/h2-6,8H,1,7,9H2,(H,21,24,25). The molecule has 25 heavy (non-hydrogen) atoms. The second-order valence-corrected chi connectivity index (χ2v) is 5.77. The number of nitrogens with zero attached hydrogens (tertiary/aromatic N) is 4. The Morgan fingerprint density at radius 2 is 1.96 bits per heavy atom. The number of aromatic nitrogens is 1. The lowest BCUT2D eigenvalue weighted by Gasteiger charge is -2.08. The van der Waals surface area contributed by atoms with Crippen molar-refractivity contribution in [3.8, 4) is 0 Å². The van der Waals surface area contributed by atoms with Crippen LogP contribution in [0.5, 0.6) is 0 Å². The second kappa shape index (κ2) is 5.51. The number of nitrogens with one attached hydrogen (secondary N) is 1. The van der Waals surface area contributed by atoms with Crippen molar-refractivity contribution in [1.82, 2.24) is 9.88 Å². The number of carbonyl (C=O) groups excluding carboxylic acids is 2. The van der Waals surface area contributed by atoms with Gasteiger partial charge in [-0.15, -0.1) is 6.58 Å². The summed E-state index contributed by atoms with van der Waals surface area (Å²) in [6, 6.07) is 9.54. The molecule has 0 saturated heterocycles. The lowest BCUT2D eigenvalue weighted by molar-refractivity contribution is 0.0880. The number of para-hydroxylation sites is 1. The third-order valence-corrected chi connectivity index (χ3v) is 4.44. The Hall–Kier alpha value is -3.57. The maximum absolute atomic E-state index is 12.5. The SMILES string of the molecule is C=CCn1c2ccccc2c2c3c(c(CN=[N+]=[N-])cc21)C(=O)NC3=O. The summed E-state index contributed by atoms with van der Waals surface area (Å²) in [5.74, 6) is -0.875. The summed E-state index contributed by atoms with van der Waals surface area (Å²) < 4.78 is 2.04. The van der Waals surface area contributed by atoms with E-state index in [0.717, 1.165) is 21.8 Å². The van der Waals surface area contributed by atoms with Crippen molar-refractivity contribution in [2.24, 2.45) is 5.11 Å². The van der Waals surface area contributed by atoms with Gasteiger partial charge in [0.15, 0.2) is 0 Å². The summed E-state index contributed by atoms with van der Waals surface area (Å²) >= 11 is 0. The molecule has 0 unspecified atom stereocenters. The van der Waals surface area contributed by atoms with E-state index in [0.29, 0.717) is 23.2 Å². The van der Waals surface area contributed by atoms with Crippen LogP contribution < -0.4 is 5.32 Å². The monoisotopic (exact) mass is 331 g/mol. The van der Waals surface area contributed by atoms with Crippen molar-refractivity contribution in [2.75, 3.05) is 0 Å². The van der Waals surface area contributed by atoms with Crippen LogP contribution in [0.3, 0.4) is 0 Å². The molecular weight excluding hydrogens is 318 g/mol. The van der Waals surface area contributed by atoms with Crippen LogP contribution in [0.4, 0.5) is 0 Å². The van der Waals surface area contributed by atoms with Crippen molar-refractivity contribution in [3.05, 3.63) is 70.1 Å². The molecule has 0 saturated carbocycles. The van der Waals surface area contributed by atoms with Gasteiger partial charge in [-0.1, -0.05) is 29.4 Å². The molecule has 0 atom stereocenters. The third kappa shape index (κ3) is 2.03. The summed E-state index contributed by atoms with van der Waals surface area (Å²) in [7, 11) is 0. The average Bonchev–Trinajstić information content (AvgIpc) is 3.08. The molecule has 0 spiro atoms. The normalized spacial score (nSPS) is 13.0. The van der Waals surface area contributed by atoms with Crippen LogP contribution in [0.1, 0.15) is 26.3 Å². The molecule has 1 aliphatic rings. The first-order valence-electron chi connectivity index (χ1n) is 7.71. The maximum atomic E-state index is 12.5. The Morgan fingerprint density at radius 3 is 2.72 bits per heavy atom. The summed E-state index contributed by atoms with van der Waals surface area (Å²) in [5.41, 5.74) is 11.6. The zero-order valence-electron chi connectivity index (χ0n) is 13.2. The number of azide groups is 1. The van der Waals surface area contributed by atoms with Gasteiger partial charge < -0.3 is 4.57 Å². The molecule has 1 aliphatic heterocycles. The molecule has 2 aromatic carbocycles. The molecule has 0 radical (unpaired) electrons. The molecule has 0 aliphatic carbocycles. The lowest BCUT2D eigenvalue weighted by Crippen LogP contribution is -2.20. The topological polar surface area (TPSA) is 99.9 Å². The Morgan fingerprint density at radius 1 is 1.20 bits per heavy atom. The molecule has 1 aromatic heterocycles. The lowest BCUT2D eigenvalue weighted by atomic mass is 9.97. The third-order valence-electron chi connectivity index (χ3n) is 4.44. The van der Waals surface area contributed by atoms with Gasteiger partial charge in [-0.25, -0.2) is 0 Å². The smallest absolute Gasteiger partial charge is 0.259 e. The summed E-state index contributed by atoms with van der Waals surface area (Å²) in [4.78, 5) is 27.5. The van der Waals surface area contributed by atoms with E-state index in [-0.39, 0.29) is 6.54 Å². The van der Waals surface area contributed by atoms with Crippen LogP contribution in [-0.4, -0.2) is 16.4 Å². The van der Waals surface area contributed by atoms with Gasteiger partial charge >= 0.3 is 0 Å². The number of hydrogen-bond acceptors (Lipinski definition) is 3. The minimum Gasteiger partial charge on any atom is -0.337 e. The first kappa shape index (κ1) is 15.0. The van der Waals surface area contributed by atoms with Crippen LogP contribution in [0.15, 0.2) is 48.1 Å². The Balaban J connectivity index is 2.22. The first-order chi connectivity index (χ1) is 12.2. The van der Waals surface area contributed by atoms with Crippen molar-refractivity contribution >= 4 is 33.6 Å². The molecule has 4 rings (SSSR count). The molecule has 2 amide bonds. The van der Waals surface area contributed by atoms with E-state index < -0.39 is 11.8 Å². The van der Waals surface area contributed by atoms with Crippen molar-refractivity contribution in [1.29, 1.82) is 0 Å². The zero-order chi connectivity index (χ0) is 17.6. The molecule has 0 fully saturated rings. The molecular formula is C18H13N5O2. The minimum atomic E-state index is -0.453. The van der Waals surface area contributed by atoms with Gasteiger partial charge in [-0.05, 0) is 23.2 Å². The average molecular weight is 331 g/mol. The van der Waals surface area contributed by atoms with E-state index in [1.54, 1.807) is 6.08 Å². The van der Waals surface area contributed by atoms with Crippen molar-refractivity contribution in [3.63, 3.8) is 0 Å². The fourth-order valence-corrected chi connectivity index (χ4v) is 3.53. The number of carbonyl (C=O) groups is 2. The van der Waals surface area contributed by atoms with Crippen LogP contribution in [0.2, 0.25) is 0 Å². The quantitative estimate of drug-likeness (QED) is 0.259. The van der Waals surface area contributed by atoms with Gasteiger partial charge in [0.1, 0.15) is 0 Å². The zero-order valence-corrected chi connectivity index (χ0v) is 13.2. The number of fused-ring (bicyclic) bond motifs is 5. The van der Waals surface area contributed by atoms with E-state index in [9.17, 15) is 9.59 Å². The number of benzene rings is 2. The van der Waals surface area contributed by atoms with E-state index >= 15 is 0 Å². The molecule has 3 aromatic rings. The molecule has 7 heteroatoms. The van der Waals surface area contributed by atoms with Gasteiger partial charge in [-0.2, -0.15) is 0 Å². The van der Waals surface area contributed by atoms with Gasteiger partial charge in [0.05, 0.1) is 23.2 Å². The Bertz CT molecular complexity index is 1140.